The molecule has 0 aromatic heterocycles. The molecule has 0 aromatic carbocycles. The molecular formula is C13H24N2O2. The minimum Gasteiger partial charge on any atom is -0.376 e. The third kappa shape index (κ3) is 2.20. The molecule has 1 N–H and O–H groups in total. The van der Waals surface area contributed by atoms with E-state index in [4.69, 9.17) is 4.74 Å². The van der Waals surface area contributed by atoms with Crippen LogP contribution in [-0.4, -0.2) is 41.8 Å². The van der Waals surface area contributed by atoms with E-state index in [1.54, 1.807) is 0 Å². The average Bonchev–Trinajstić information content (AvgIpc) is 2.82. The standard InChI is InChI=1S/C13H24N2O2/c1-5-11-14-12(8(2)3)13(16)15(11)10-6-7-17-9(10)4/h8-12,14H,5-7H2,1-4H3. The molecule has 2 fully saturated rings. The van der Waals surface area contributed by atoms with Crippen molar-refractivity contribution in [2.75, 3.05) is 6.61 Å². The molecule has 98 valence electrons. The van der Waals surface area contributed by atoms with Crippen LogP contribution >= 0.6 is 0 Å². The molecule has 2 rings (SSSR count). The van der Waals surface area contributed by atoms with E-state index < -0.39 is 0 Å². The third-order valence-electron chi connectivity index (χ3n) is 3.98. The summed E-state index contributed by atoms with van der Waals surface area (Å²) < 4.78 is 5.59. The van der Waals surface area contributed by atoms with Gasteiger partial charge < -0.3 is 9.64 Å². The zero-order valence-corrected chi connectivity index (χ0v) is 11.3. The zero-order chi connectivity index (χ0) is 12.6. The third-order valence-corrected chi connectivity index (χ3v) is 3.98. The Labute approximate surface area is 104 Å². The van der Waals surface area contributed by atoms with Crippen molar-refractivity contribution in [1.82, 2.24) is 10.2 Å². The van der Waals surface area contributed by atoms with Crippen molar-refractivity contribution in [2.45, 2.75) is 64.9 Å². The highest BCUT2D eigenvalue weighted by Gasteiger charge is 2.45. The number of hydrogen-bond donors (Lipinski definition) is 1. The molecule has 0 spiro atoms. The van der Waals surface area contributed by atoms with Crippen molar-refractivity contribution in [3.05, 3.63) is 0 Å². The molecule has 2 aliphatic rings. The lowest BCUT2D eigenvalue weighted by atomic mass is 10.0. The first-order valence-corrected chi connectivity index (χ1v) is 6.76. The van der Waals surface area contributed by atoms with Crippen LogP contribution in [0, 0.1) is 5.92 Å². The van der Waals surface area contributed by atoms with Crippen LogP contribution in [-0.2, 0) is 9.53 Å². The van der Waals surface area contributed by atoms with Gasteiger partial charge in [0.2, 0.25) is 5.91 Å². The van der Waals surface area contributed by atoms with Gasteiger partial charge in [0.15, 0.2) is 0 Å². The van der Waals surface area contributed by atoms with Crippen LogP contribution < -0.4 is 5.32 Å². The van der Waals surface area contributed by atoms with Crippen LogP contribution in [0.2, 0.25) is 0 Å². The van der Waals surface area contributed by atoms with Gasteiger partial charge in [-0.15, -0.1) is 0 Å². The molecule has 1 amide bonds. The monoisotopic (exact) mass is 240 g/mol. The molecule has 2 saturated heterocycles. The highest BCUT2D eigenvalue weighted by Crippen LogP contribution is 2.28. The number of hydrogen-bond acceptors (Lipinski definition) is 3. The molecule has 0 aromatic rings. The summed E-state index contributed by atoms with van der Waals surface area (Å²) in [4.78, 5) is 14.5. The lowest BCUT2D eigenvalue weighted by Crippen LogP contribution is -2.47. The quantitative estimate of drug-likeness (QED) is 0.810. The van der Waals surface area contributed by atoms with E-state index in [0.29, 0.717) is 5.92 Å². The van der Waals surface area contributed by atoms with Crippen molar-refractivity contribution < 1.29 is 9.53 Å². The highest BCUT2D eigenvalue weighted by molar-refractivity contribution is 5.85. The number of carbonyl (C=O) groups excluding carboxylic acids is 1. The van der Waals surface area contributed by atoms with E-state index in [1.807, 2.05) is 4.90 Å². The Morgan fingerprint density at radius 2 is 2.24 bits per heavy atom. The fraction of sp³-hybridized carbons (Fsp3) is 0.923. The first-order chi connectivity index (χ1) is 8.06. The molecule has 0 bridgehead atoms. The Bertz CT molecular complexity index is 293. The predicted molar refractivity (Wildman–Crippen MR) is 66.5 cm³/mol. The van der Waals surface area contributed by atoms with Gasteiger partial charge in [-0.2, -0.15) is 0 Å². The molecule has 2 aliphatic heterocycles. The molecule has 0 saturated carbocycles. The fourth-order valence-electron chi connectivity index (χ4n) is 2.95. The van der Waals surface area contributed by atoms with E-state index in [1.165, 1.54) is 0 Å². The first-order valence-electron chi connectivity index (χ1n) is 6.76. The second kappa shape index (κ2) is 4.94. The topological polar surface area (TPSA) is 41.6 Å². The van der Waals surface area contributed by atoms with E-state index >= 15 is 0 Å². The van der Waals surface area contributed by atoms with Crippen molar-refractivity contribution in [2.24, 2.45) is 5.92 Å². The minimum absolute atomic E-state index is 0.0206. The summed E-state index contributed by atoms with van der Waals surface area (Å²) >= 11 is 0. The van der Waals surface area contributed by atoms with Crippen LogP contribution in [0.1, 0.15) is 40.5 Å². The molecular weight excluding hydrogens is 216 g/mol. The van der Waals surface area contributed by atoms with Gasteiger partial charge >= 0.3 is 0 Å². The summed E-state index contributed by atoms with van der Waals surface area (Å²) in [6.07, 6.45) is 2.28. The lowest BCUT2D eigenvalue weighted by Gasteiger charge is -2.31. The summed E-state index contributed by atoms with van der Waals surface area (Å²) in [5.74, 6) is 0.605. The number of nitrogens with one attached hydrogen (secondary N) is 1. The smallest absolute Gasteiger partial charge is 0.241 e. The number of nitrogens with zero attached hydrogens (tertiary/aromatic N) is 1. The highest BCUT2D eigenvalue weighted by atomic mass is 16.5. The molecule has 4 nitrogen and oxygen atoms in total. The summed E-state index contributed by atoms with van der Waals surface area (Å²) in [5, 5.41) is 3.46. The zero-order valence-electron chi connectivity index (χ0n) is 11.3. The van der Waals surface area contributed by atoms with E-state index in [9.17, 15) is 4.79 Å². The maximum Gasteiger partial charge on any atom is 0.241 e. The van der Waals surface area contributed by atoms with E-state index in [0.717, 1.165) is 19.4 Å². The molecule has 0 radical (unpaired) electrons. The SMILES string of the molecule is CCC1NC(C(C)C)C(=O)N1C1CCOC1C. The number of carbonyl (C=O) groups is 1. The van der Waals surface area contributed by atoms with Gasteiger partial charge in [0, 0.05) is 6.61 Å². The van der Waals surface area contributed by atoms with Gasteiger partial charge in [-0.1, -0.05) is 20.8 Å². The van der Waals surface area contributed by atoms with Crippen LogP contribution in [0.4, 0.5) is 0 Å². The molecule has 2 heterocycles. The number of ether oxygens (including phenoxy) is 1. The largest absolute Gasteiger partial charge is 0.376 e. The second-order valence-corrected chi connectivity index (χ2v) is 5.49. The average molecular weight is 240 g/mol. The van der Waals surface area contributed by atoms with Crippen LogP contribution in [0.15, 0.2) is 0 Å². The Kier molecular flexibility index (Phi) is 3.73. The molecule has 0 aliphatic carbocycles. The molecule has 4 unspecified atom stereocenters. The van der Waals surface area contributed by atoms with Gasteiger partial charge in [0.05, 0.1) is 24.4 Å². The minimum atomic E-state index is -0.0206. The summed E-state index contributed by atoms with van der Waals surface area (Å²) in [6.45, 7) is 9.17. The van der Waals surface area contributed by atoms with Crippen LogP contribution in [0.5, 0.6) is 0 Å². The van der Waals surface area contributed by atoms with Crippen molar-refractivity contribution in [3.8, 4) is 0 Å². The first kappa shape index (κ1) is 12.8. The predicted octanol–water partition coefficient (Wildman–Crippen LogP) is 1.36. The Hall–Kier alpha value is -0.610. The van der Waals surface area contributed by atoms with Crippen LogP contribution in [0.25, 0.3) is 0 Å². The summed E-state index contributed by atoms with van der Waals surface area (Å²) in [6, 6.07) is 0.233. The van der Waals surface area contributed by atoms with Gasteiger partial charge in [0.25, 0.3) is 0 Å². The summed E-state index contributed by atoms with van der Waals surface area (Å²) in [5.41, 5.74) is 0. The van der Waals surface area contributed by atoms with Gasteiger partial charge in [0.1, 0.15) is 0 Å². The fourth-order valence-corrected chi connectivity index (χ4v) is 2.95. The van der Waals surface area contributed by atoms with Gasteiger partial charge in [-0.3, -0.25) is 10.1 Å². The Morgan fingerprint density at radius 1 is 1.53 bits per heavy atom. The number of rotatable bonds is 3. The van der Waals surface area contributed by atoms with Crippen molar-refractivity contribution in [3.63, 3.8) is 0 Å². The van der Waals surface area contributed by atoms with Crippen molar-refractivity contribution in [1.29, 1.82) is 0 Å². The van der Waals surface area contributed by atoms with Gasteiger partial charge in [-0.25, -0.2) is 0 Å². The lowest BCUT2D eigenvalue weighted by molar-refractivity contribution is -0.134. The normalized spacial score (nSPS) is 38.4. The summed E-state index contributed by atoms with van der Waals surface area (Å²) in [7, 11) is 0. The molecule has 4 atom stereocenters. The maximum atomic E-state index is 12.5. The van der Waals surface area contributed by atoms with Crippen LogP contribution in [0.3, 0.4) is 0 Å². The second-order valence-electron chi connectivity index (χ2n) is 5.49. The number of amides is 1. The molecule has 17 heavy (non-hydrogen) atoms. The van der Waals surface area contributed by atoms with Crippen molar-refractivity contribution >= 4 is 5.91 Å². The Balaban J connectivity index is 2.16. The van der Waals surface area contributed by atoms with E-state index in [-0.39, 0.29) is 30.3 Å². The van der Waals surface area contributed by atoms with Gasteiger partial charge in [-0.05, 0) is 25.7 Å². The Morgan fingerprint density at radius 3 is 2.71 bits per heavy atom. The maximum absolute atomic E-state index is 12.5. The van der Waals surface area contributed by atoms with E-state index in [2.05, 4.69) is 33.0 Å². The molecule has 4 heteroatoms.